The average Bonchev–Trinajstić information content (AvgIpc) is 2.30. The lowest BCUT2D eigenvalue weighted by Gasteiger charge is -2.03. The fraction of sp³-hybridized carbons (Fsp3) is 0.385. The minimum atomic E-state index is 0.0133. The Balaban J connectivity index is 2.15. The van der Waals surface area contributed by atoms with Gasteiger partial charge in [0.25, 0.3) is 0 Å². The second-order valence-corrected chi connectivity index (χ2v) is 3.51. The van der Waals surface area contributed by atoms with E-state index >= 15 is 0 Å². The SMILES string of the molecule is C#CCCCCNC(=O)Cc1ccccn1. The van der Waals surface area contributed by atoms with E-state index < -0.39 is 0 Å². The molecule has 0 aromatic carbocycles. The van der Waals surface area contributed by atoms with Gasteiger partial charge in [-0.05, 0) is 25.0 Å². The Morgan fingerprint density at radius 1 is 1.44 bits per heavy atom. The van der Waals surface area contributed by atoms with Gasteiger partial charge in [-0.25, -0.2) is 0 Å². The third-order valence-electron chi connectivity index (χ3n) is 2.14. The van der Waals surface area contributed by atoms with Gasteiger partial charge in [0, 0.05) is 24.9 Å². The largest absolute Gasteiger partial charge is 0.356 e. The summed E-state index contributed by atoms with van der Waals surface area (Å²) in [5.74, 6) is 2.59. The molecule has 84 valence electrons. The molecule has 0 spiro atoms. The highest BCUT2D eigenvalue weighted by Crippen LogP contribution is 1.95. The number of carbonyl (C=O) groups is 1. The second kappa shape index (κ2) is 7.47. The molecular formula is C13H16N2O. The molecule has 0 aliphatic carbocycles. The van der Waals surface area contributed by atoms with Gasteiger partial charge < -0.3 is 5.32 Å². The summed E-state index contributed by atoms with van der Waals surface area (Å²) in [6.07, 6.45) is 9.82. The van der Waals surface area contributed by atoms with Gasteiger partial charge in [0.1, 0.15) is 0 Å². The van der Waals surface area contributed by atoms with Crippen LogP contribution in [0.5, 0.6) is 0 Å². The van der Waals surface area contributed by atoms with Gasteiger partial charge in [-0.1, -0.05) is 6.07 Å². The fourth-order valence-electron chi connectivity index (χ4n) is 1.31. The Hall–Kier alpha value is -1.82. The number of unbranched alkanes of at least 4 members (excludes halogenated alkanes) is 2. The lowest BCUT2D eigenvalue weighted by Crippen LogP contribution is -2.26. The predicted octanol–water partition coefficient (Wildman–Crippen LogP) is 1.54. The number of rotatable bonds is 6. The Morgan fingerprint density at radius 3 is 3.00 bits per heavy atom. The maximum Gasteiger partial charge on any atom is 0.226 e. The first-order chi connectivity index (χ1) is 7.83. The third kappa shape index (κ3) is 5.16. The highest BCUT2D eigenvalue weighted by Gasteiger charge is 2.02. The van der Waals surface area contributed by atoms with E-state index in [0.29, 0.717) is 13.0 Å². The number of carbonyl (C=O) groups excluding carboxylic acids is 1. The molecule has 3 nitrogen and oxygen atoms in total. The molecule has 3 heteroatoms. The number of hydrogen-bond acceptors (Lipinski definition) is 2. The number of terminal acetylenes is 1. The topological polar surface area (TPSA) is 42.0 Å². The zero-order chi connectivity index (χ0) is 11.6. The molecule has 0 bridgehead atoms. The zero-order valence-corrected chi connectivity index (χ0v) is 9.28. The molecule has 1 aromatic rings. The third-order valence-corrected chi connectivity index (χ3v) is 2.14. The normalized spacial score (nSPS) is 9.44. The molecule has 1 rings (SSSR count). The quantitative estimate of drug-likeness (QED) is 0.579. The number of nitrogens with one attached hydrogen (secondary N) is 1. The number of amides is 1. The van der Waals surface area contributed by atoms with E-state index in [1.54, 1.807) is 6.20 Å². The molecule has 0 aliphatic rings. The van der Waals surface area contributed by atoms with Gasteiger partial charge in [0.2, 0.25) is 5.91 Å². The zero-order valence-electron chi connectivity index (χ0n) is 9.28. The molecule has 0 saturated carbocycles. The molecule has 1 N–H and O–H groups in total. The molecule has 0 aliphatic heterocycles. The van der Waals surface area contributed by atoms with Gasteiger partial charge in [0.15, 0.2) is 0 Å². The Labute approximate surface area is 96.3 Å². The predicted molar refractivity (Wildman–Crippen MR) is 63.6 cm³/mol. The first kappa shape index (κ1) is 12.3. The van der Waals surface area contributed by atoms with Crippen molar-refractivity contribution in [2.45, 2.75) is 25.7 Å². The summed E-state index contributed by atoms with van der Waals surface area (Å²) in [5.41, 5.74) is 0.795. The number of aromatic nitrogens is 1. The molecule has 0 fully saturated rings. The first-order valence-electron chi connectivity index (χ1n) is 5.43. The minimum Gasteiger partial charge on any atom is -0.356 e. The van der Waals surface area contributed by atoms with Crippen LogP contribution in [-0.4, -0.2) is 17.4 Å². The summed E-state index contributed by atoms with van der Waals surface area (Å²) in [4.78, 5) is 15.5. The molecule has 0 unspecified atom stereocenters. The van der Waals surface area contributed by atoms with Crippen molar-refractivity contribution in [3.63, 3.8) is 0 Å². The van der Waals surface area contributed by atoms with E-state index in [-0.39, 0.29) is 5.91 Å². The average molecular weight is 216 g/mol. The van der Waals surface area contributed by atoms with Crippen LogP contribution in [0.15, 0.2) is 24.4 Å². The standard InChI is InChI=1S/C13H16N2O/c1-2-3-4-6-10-15-13(16)11-12-8-5-7-9-14-12/h1,5,7-9H,3-4,6,10-11H2,(H,15,16). The fourth-order valence-corrected chi connectivity index (χ4v) is 1.31. The van der Waals surface area contributed by atoms with Gasteiger partial charge in [-0.2, -0.15) is 0 Å². The van der Waals surface area contributed by atoms with Crippen molar-refractivity contribution in [1.29, 1.82) is 0 Å². The van der Waals surface area contributed by atoms with Crippen molar-refractivity contribution in [3.05, 3.63) is 30.1 Å². The monoisotopic (exact) mass is 216 g/mol. The summed E-state index contributed by atoms with van der Waals surface area (Å²) in [6.45, 7) is 0.688. The second-order valence-electron chi connectivity index (χ2n) is 3.51. The van der Waals surface area contributed by atoms with E-state index in [1.807, 2.05) is 18.2 Å². The van der Waals surface area contributed by atoms with Crippen LogP contribution >= 0.6 is 0 Å². The van der Waals surface area contributed by atoms with Crippen molar-refractivity contribution in [3.8, 4) is 12.3 Å². The molecule has 1 amide bonds. The van der Waals surface area contributed by atoms with Crippen molar-refractivity contribution in [1.82, 2.24) is 10.3 Å². The van der Waals surface area contributed by atoms with Gasteiger partial charge in [-0.3, -0.25) is 9.78 Å². The molecule has 0 radical (unpaired) electrons. The van der Waals surface area contributed by atoms with Crippen LogP contribution in [-0.2, 0) is 11.2 Å². The number of hydrogen-bond donors (Lipinski definition) is 1. The number of pyridine rings is 1. The molecule has 1 heterocycles. The van der Waals surface area contributed by atoms with E-state index in [1.165, 1.54) is 0 Å². The number of nitrogens with zero attached hydrogens (tertiary/aromatic N) is 1. The molecule has 0 atom stereocenters. The molecular weight excluding hydrogens is 200 g/mol. The summed E-state index contributed by atoms with van der Waals surface area (Å²) in [6, 6.07) is 5.56. The highest BCUT2D eigenvalue weighted by molar-refractivity contribution is 5.77. The van der Waals surface area contributed by atoms with Crippen molar-refractivity contribution < 1.29 is 4.79 Å². The van der Waals surface area contributed by atoms with E-state index in [2.05, 4.69) is 16.2 Å². The Bertz CT molecular complexity index is 354. The van der Waals surface area contributed by atoms with Crippen LogP contribution in [0.4, 0.5) is 0 Å². The van der Waals surface area contributed by atoms with Gasteiger partial charge in [0.05, 0.1) is 6.42 Å². The van der Waals surface area contributed by atoms with E-state index in [4.69, 9.17) is 6.42 Å². The highest BCUT2D eigenvalue weighted by atomic mass is 16.1. The summed E-state index contributed by atoms with van der Waals surface area (Å²) in [5, 5.41) is 2.84. The van der Waals surface area contributed by atoms with Gasteiger partial charge >= 0.3 is 0 Å². The minimum absolute atomic E-state index is 0.0133. The van der Waals surface area contributed by atoms with E-state index in [9.17, 15) is 4.79 Å². The molecule has 16 heavy (non-hydrogen) atoms. The van der Waals surface area contributed by atoms with Gasteiger partial charge in [-0.15, -0.1) is 12.3 Å². The van der Waals surface area contributed by atoms with Crippen LogP contribution in [0.1, 0.15) is 25.0 Å². The van der Waals surface area contributed by atoms with Crippen LogP contribution in [0, 0.1) is 12.3 Å². The van der Waals surface area contributed by atoms with Crippen LogP contribution in [0.25, 0.3) is 0 Å². The Kier molecular flexibility index (Phi) is 5.72. The van der Waals surface area contributed by atoms with Crippen molar-refractivity contribution in [2.24, 2.45) is 0 Å². The summed E-state index contributed by atoms with van der Waals surface area (Å²) < 4.78 is 0. The molecule has 0 saturated heterocycles. The van der Waals surface area contributed by atoms with Crippen LogP contribution in [0.3, 0.4) is 0 Å². The Morgan fingerprint density at radius 2 is 2.31 bits per heavy atom. The maximum atomic E-state index is 11.5. The smallest absolute Gasteiger partial charge is 0.226 e. The van der Waals surface area contributed by atoms with Crippen molar-refractivity contribution >= 4 is 5.91 Å². The summed E-state index contributed by atoms with van der Waals surface area (Å²) >= 11 is 0. The maximum absolute atomic E-state index is 11.5. The van der Waals surface area contributed by atoms with Crippen LogP contribution in [0.2, 0.25) is 0 Å². The van der Waals surface area contributed by atoms with Crippen molar-refractivity contribution in [2.75, 3.05) is 6.54 Å². The van der Waals surface area contributed by atoms with E-state index in [0.717, 1.165) is 25.0 Å². The lowest BCUT2D eigenvalue weighted by molar-refractivity contribution is -0.120. The van der Waals surface area contributed by atoms with Crippen LogP contribution < -0.4 is 5.32 Å². The summed E-state index contributed by atoms with van der Waals surface area (Å²) in [7, 11) is 0. The lowest BCUT2D eigenvalue weighted by atomic mass is 10.2. The first-order valence-corrected chi connectivity index (χ1v) is 5.43. The molecule has 1 aromatic heterocycles.